The Morgan fingerprint density at radius 3 is 2.63 bits per heavy atom. The number of halogens is 1. The van der Waals surface area contributed by atoms with Gasteiger partial charge in [-0.1, -0.05) is 11.6 Å². The molecule has 6 heteroatoms. The van der Waals surface area contributed by atoms with Crippen molar-refractivity contribution in [3.05, 3.63) is 28.3 Å². The van der Waals surface area contributed by atoms with E-state index >= 15 is 0 Å². The number of nitrogens with two attached hydrogens (primary N) is 1. The molecule has 0 bridgehead atoms. The lowest BCUT2D eigenvalue weighted by Gasteiger charge is -2.31. The summed E-state index contributed by atoms with van der Waals surface area (Å²) in [6, 6.07) is 2.85. The fraction of sp³-hybridized carbons (Fsp3) is 0.538. The quantitative estimate of drug-likeness (QED) is 0.928. The molecule has 0 radical (unpaired) electrons. The van der Waals surface area contributed by atoms with Crippen LogP contribution in [0.1, 0.15) is 31.0 Å². The summed E-state index contributed by atoms with van der Waals surface area (Å²) < 4.78 is 28.3. The molecule has 1 aliphatic rings. The zero-order valence-electron chi connectivity index (χ0n) is 11.2. The maximum Gasteiger partial charge on any atom is 0.154 e. The molecule has 0 saturated heterocycles. The van der Waals surface area contributed by atoms with E-state index in [1.807, 2.05) is 6.07 Å². The van der Waals surface area contributed by atoms with Crippen LogP contribution in [-0.2, 0) is 16.3 Å². The van der Waals surface area contributed by atoms with E-state index in [9.17, 15) is 8.42 Å². The van der Waals surface area contributed by atoms with Crippen molar-refractivity contribution >= 4 is 21.4 Å². The summed E-state index contributed by atoms with van der Waals surface area (Å²) in [6.07, 6.45) is 1.97. The molecule has 4 nitrogen and oxygen atoms in total. The van der Waals surface area contributed by atoms with Crippen LogP contribution in [0.25, 0.3) is 0 Å². The van der Waals surface area contributed by atoms with E-state index in [2.05, 4.69) is 0 Å². The second-order valence-corrected chi connectivity index (χ2v) is 8.47. The van der Waals surface area contributed by atoms with Gasteiger partial charge in [0.2, 0.25) is 0 Å². The van der Waals surface area contributed by atoms with Gasteiger partial charge >= 0.3 is 0 Å². The van der Waals surface area contributed by atoms with Crippen molar-refractivity contribution in [3.8, 4) is 5.75 Å². The lowest BCUT2D eigenvalue weighted by atomic mass is 9.93. The van der Waals surface area contributed by atoms with Gasteiger partial charge in [-0.25, -0.2) is 8.42 Å². The minimum atomic E-state index is -3.30. The summed E-state index contributed by atoms with van der Waals surface area (Å²) in [7, 11) is -3.30. The molecule has 0 saturated carbocycles. The lowest BCUT2D eigenvalue weighted by molar-refractivity contribution is 0.348. The van der Waals surface area contributed by atoms with Gasteiger partial charge < -0.3 is 10.5 Å². The first kappa shape index (κ1) is 14.6. The van der Waals surface area contributed by atoms with Crippen LogP contribution in [0.4, 0.5) is 0 Å². The third-order valence-electron chi connectivity index (χ3n) is 3.82. The average molecular weight is 304 g/mol. The maximum absolute atomic E-state index is 11.9. The van der Waals surface area contributed by atoms with Gasteiger partial charge in [0.25, 0.3) is 0 Å². The molecular formula is C13H18ClNO3S. The number of rotatable bonds is 3. The van der Waals surface area contributed by atoms with E-state index in [1.165, 1.54) is 6.26 Å². The highest BCUT2D eigenvalue weighted by atomic mass is 35.5. The van der Waals surface area contributed by atoms with Gasteiger partial charge in [0, 0.05) is 23.3 Å². The Labute approximate surface area is 118 Å². The van der Waals surface area contributed by atoms with Crippen molar-refractivity contribution in [1.29, 1.82) is 0 Å². The van der Waals surface area contributed by atoms with E-state index in [4.69, 9.17) is 22.1 Å². The van der Waals surface area contributed by atoms with Crippen molar-refractivity contribution in [1.82, 2.24) is 0 Å². The van der Waals surface area contributed by atoms with Crippen molar-refractivity contribution < 1.29 is 13.2 Å². The molecule has 0 aromatic heterocycles. The van der Waals surface area contributed by atoms with Crippen LogP contribution >= 0.6 is 11.6 Å². The first-order chi connectivity index (χ1) is 8.64. The Hall–Kier alpha value is -0.780. The van der Waals surface area contributed by atoms with Crippen LogP contribution in [-0.4, -0.2) is 26.0 Å². The minimum Gasteiger partial charge on any atom is -0.493 e. The largest absolute Gasteiger partial charge is 0.493 e. The van der Waals surface area contributed by atoms with Crippen LogP contribution in [0.15, 0.2) is 12.1 Å². The SMILES string of the molecule is CC(C)(C(N)c1cc(Cl)cc2c1OCC2)S(C)(=O)=O. The van der Waals surface area contributed by atoms with Crippen LogP contribution in [0.3, 0.4) is 0 Å². The van der Waals surface area contributed by atoms with Crippen molar-refractivity contribution in [2.24, 2.45) is 5.73 Å². The normalized spacial score (nSPS) is 16.9. The number of hydrogen-bond donors (Lipinski definition) is 1. The molecule has 2 N–H and O–H groups in total. The number of fused-ring (bicyclic) bond motifs is 1. The van der Waals surface area contributed by atoms with Gasteiger partial charge in [-0.2, -0.15) is 0 Å². The smallest absolute Gasteiger partial charge is 0.154 e. The van der Waals surface area contributed by atoms with Crippen LogP contribution in [0.2, 0.25) is 5.02 Å². The molecule has 2 rings (SSSR count). The van der Waals surface area contributed by atoms with E-state index in [0.717, 1.165) is 12.0 Å². The molecule has 1 aromatic rings. The van der Waals surface area contributed by atoms with Crippen LogP contribution in [0.5, 0.6) is 5.75 Å². The van der Waals surface area contributed by atoms with Crippen molar-refractivity contribution in [2.75, 3.05) is 12.9 Å². The highest BCUT2D eigenvalue weighted by Gasteiger charge is 2.40. The second-order valence-electron chi connectivity index (χ2n) is 5.44. The molecule has 1 unspecified atom stereocenters. The molecule has 1 heterocycles. The summed E-state index contributed by atoms with van der Waals surface area (Å²) in [6.45, 7) is 3.82. The summed E-state index contributed by atoms with van der Waals surface area (Å²) in [5.41, 5.74) is 7.83. The fourth-order valence-electron chi connectivity index (χ4n) is 2.13. The Bertz CT molecular complexity index is 611. The van der Waals surface area contributed by atoms with Crippen LogP contribution in [0, 0.1) is 0 Å². The Morgan fingerprint density at radius 1 is 1.42 bits per heavy atom. The molecule has 0 amide bonds. The first-order valence-electron chi connectivity index (χ1n) is 6.05. The minimum absolute atomic E-state index is 0.555. The Balaban J connectivity index is 2.54. The average Bonchev–Trinajstić information content (AvgIpc) is 2.72. The topological polar surface area (TPSA) is 69.4 Å². The Kier molecular flexibility index (Phi) is 3.58. The third-order valence-corrected chi connectivity index (χ3v) is 6.20. The van der Waals surface area contributed by atoms with Gasteiger partial charge in [0.05, 0.1) is 17.4 Å². The number of ether oxygens (including phenoxy) is 1. The molecule has 19 heavy (non-hydrogen) atoms. The first-order valence-corrected chi connectivity index (χ1v) is 8.32. The molecule has 1 aliphatic heterocycles. The van der Waals surface area contributed by atoms with Crippen LogP contribution < -0.4 is 10.5 Å². The third kappa shape index (κ3) is 2.47. The van der Waals surface area contributed by atoms with E-state index in [-0.39, 0.29) is 0 Å². The standard InChI is InChI=1S/C13H18ClNO3S/c1-13(2,19(3,16)17)12(15)10-7-9(14)6-8-4-5-18-11(8)10/h6-7,12H,4-5,15H2,1-3H3. The zero-order valence-corrected chi connectivity index (χ0v) is 12.8. The lowest BCUT2D eigenvalue weighted by Crippen LogP contribution is -2.42. The van der Waals surface area contributed by atoms with E-state index < -0.39 is 20.6 Å². The molecule has 0 spiro atoms. The summed E-state index contributed by atoms with van der Waals surface area (Å²) in [4.78, 5) is 0. The van der Waals surface area contributed by atoms with Crippen molar-refractivity contribution in [3.63, 3.8) is 0 Å². The monoisotopic (exact) mass is 303 g/mol. The fourth-order valence-corrected chi connectivity index (χ4v) is 2.97. The van der Waals surface area contributed by atoms with Gasteiger partial charge in [0.1, 0.15) is 5.75 Å². The molecule has 0 fully saturated rings. The predicted octanol–water partition coefficient (Wildman–Crippen LogP) is 2.10. The van der Waals surface area contributed by atoms with Gasteiger partial charge in [-0.15, -0.1) is 0 Å². The predicted molar refractivity (Wildman–Crippen MR) is 76.5 cm³/mol. The number of sulfone groups is 1. The van der Waals surface area contributed by atoms with E-state index in [0.29, 0.717) is 22.9 Å². The van der Waals surface area contributed by atoms with Gasteiger partial charge in [0.15, 0.2) is 9.84 Å². The van der Waals surface area contributed by atoms with Gasteiger partial charge in [-0.05, 0) is 31.5 Å². The maximum atomic E-state index is 11.9. The van der Waals surface area contributed by atoms with E-state index in [1.54, 1.807) is 19.9 Å². The highest BCUT2D eigenvalue weighted by Crippen LogP contribution is 2.40. The summed E-state index contributed by atoms with van der Waals surface area (Å²) in [5.74, 6) is 0.689. The van der Waals surface area contributed by atoms with Gasteiger partial charge in [-0.3, -0.25) is 0 Å². The number of benzene rings is 1. The molecule has 106 valence electrons. The number of hydrogen-bond acceptors (Lipinski definition) is 4. The Morgan fingerprint density at radius 2 is 2.05 bits per heavy atom. The molecule has 0 aliphatic carbocycles. The second kappa shape index (κ2) is 4.65. The highest BCUT2D eigenvalue weighted by molar-refractivity contribution is 7.92. The summed E-state index contributed by atoms with van der Waals surface area (Å²) in [5, 5.41) is 0.555. The molecule has 1 aromatic carbocycles. The summed E-state index contributed by atoms with van der Waals surface area (Å²) >= 11 is 6.08. The molecule has 1 atom stereocenters. The van der Waals surface area contributed by atoms with Crippen molar-refractivity contribution in [2.45, 2.75) is 31.1 Å². The zero-order chi connectivity index (χ0) is 14.4. The molecular weight excluding hydrogens is 286 g/mol.